The van der Waals surface area contributed by atoms with E-state index in [0.29, 0.717) is 0 Å². The van der Waals surface area contributed by atoms with E-state index < -0.39 is 43.6 Å². The van der Waals surface area contributed by atoms with Crippen molar-refractivity contribution in [2.45, 2.75) is 31.4 Å². The molecule has 0 aliphatic heterocycles. The Kier molecular flexibility index (Phi) is 10.7. The van der Waals surface area contributed by atoms with E-state index in [1.165, 1.54) is 0 Å². The highest BCUT2D eigenvalue weighted by molar-refractivity contribution is 6.43. The zero-order valence-corrected chi connectivity index (χ0v) is 20.2. The molecule has 3 aromatic carbocycles. The molecule has 3 aromatic rings. The van der Waals surface area contributed by atoms with Gasteiger partial charge in [0.15, 0.2) is 0 Å². The first-order valence-corrected chi connectivity index (χ1v) is 11.9. The lowest BCUT2D eigenvalue weighted by Crippen LogP contribution is -2.56. The molecule has 0 heterocycles. The first-order chi connectivity index (χ1) is 17.9. The van der Waals surface area contributed by atoms with Crippen molar-refractivity contribution in [3.63, 3.8) is 0 Å². The van der Waals surface area contributed by atoms with Crippen LogP contribution in [0.25, 0.3) is 0 Å². The molecule has 0 fully saturated rings. The van der Waals surface area contributed by atoms with Crippen molar-refractivity contribution in [3.8, 4) is 0 Å². The summed E-state index contributed by atoms with van der Waals surface area (Å²) in [4.78, 5) is 37.7. The second kappa shape index (κ2) is 14.4. The first kappa shape index (κ1) is 27.4. The zero-order valence-electron chi connectivity index (χ0n) is 20.2. The van der Waals surface area contributed by atoms with E-state index in [1.54, 1.807) is 12.1 Å². The SMILES string of the molecule is O=C(CNC(=O)OCc1ccccc1)N[C@@H](Cc1ccccc1)C(=O)NC(Cc1ccccc1)B(O)O. The Balaban J connectivity index is 1.59. The molecule has 3 amide bonds. The summed E-state index contributed by atoms with van der Waals surface area (Å²) in [6, 6.07) is 26.3. The molecular formula is C27H30BN3O6. The fourth-order valence-electron chi connectivity index (χ4n) is 3.61. The maximum Gasteiger partial charge on any atom is 0.475 e. The number of nitrogens with one attached hydrogen (secondary N) is 3. The highest BCUT2D eigenvalue weighted by Gasteiger charge is 2.29. The third-order valence-electron chi connectivity index (χ3n) is 5.53. The van der Waals surface area contributed by atoms with Gasteiger partial charge in [0.2, 0.25) is 11.8 Å². The van der Waals surface area contributed by atoms with E-state index in [2.05, 4.69) is 16.0 Å². The van der Waals surface area contributed by atoms with Gasteiger partial charge in [-0.15, -0.1) is 0 Å². The van der Waals surface area contributed by atoms with E-state index in [0.717, 1.165) is 16.7 Å². The maximum atomic E-state index is 13.1. The molecule has 2 atom stereocenters. The third kappa shape index (κ3) is 9.79. The van der Waals surface area contributed by atoms with Crippen molar-refractivity contribution in [1.82, 2.24) is 16.0 Å². The van der Waals surface area contributed by atoms with E-state index >= 15 is 0 Å². The van der Waals surface area contributed by atoms with Gasteiger partial charge in [0, 0.05) is 6.42 Å². The van der Waals surface area contributed by atoms with Crippen LogP contribution in [0.1, 0.15) is 16.7 Å². The molecule has 0 aliphatic rings. The topological polar surface area (TPSA) is 137 Å². The second-order valence-electron chi connectivity index (χ2n) is 8.44. The van der Waals surface area contributed by atoms with Crippen LogP contribution in [0.3, 0.4) is 0 Å². The van der Waals surface area contributed by atoms with Gasteiger partial charge in [-0.1, -0.05) is 91.0 Å². The Morgan fingerprint density at radius 3 is 1.78 bits per heavy atom. The van der Waals surface area contributed by atoms with Crippen LogP contribution in [-0.4, -0.2) is 53.6 Å². The number of amides is 3. The van der Waals surface area contributed by atoms with Gasteiger partial charge in [0.25, 0.3) is 0 Å². The smallest absolute Gasteiger partial charge is 0.445 e. The number of carbonyl (C=O) groups excluding carboxylic acids is 3. The van der Waals surface area contributed by atoms with Gasteiger partial charge >= 0.3 is 13.2 Å². The first-order valence-electron chi connectivity index (χ1n) is 11.9. The van der Waals surface area contributed by atoms with Gasteiger partial charge in [0.05, 0.1) is 5.94 Å². The molecule has 9 nitrogen and oxygen atoms in total. The van der Waals surface area contributed by atoms with Crippen LogP contribution in [0.2, 0.25) is 0 Å². The van der Waals surface area contributed by atoms with Gasteiger partial charge in [-0.2, -0.15) is 0 Å². The summed E-state index contributed by atoms with van der Waals surface area (Å²) >= 11 is 0. The second-order valence-corrected chi connectivity index (χ2v) is 8.44. The molecule has 10 heteroatoms. The van der Waals surface area contributed by atoms with E-state index in [4.69, 9.17) is 4.74 Å². The van der Waals surface area contributed by atoms with Crippen molar-refractivity contribution in [3.05, 3.63) is 108 Å². The summed E-state index contributed by atoms with van der Waals surface area (Å²) in [5.74, 6) is -2.18. The quantitative estimate of drug-likeness (QED) is 0.237. The number of alkyl carbamates (subject to hydrolysis) is 1. The fourth-order valence-corrected chi connectivity index (χ4v) is 3.61. The Hall–Kier alpha value is -4.15. The molecule has 3 rings (SSSR count). The molecule has 0 spiro atoms. The summed E-state index contributed by atoms with van der Waals surface area (Å²) < 4.78 is 5.10. The molecule has 192 valence electrons. The summed E-state index contributed by atoms with van der Waals surface area (Å²) in [5.41, 5.74) is 2.41. The molecule has 37 heavy (non-hydrogen) atoms. The number of hydrogen-bond donors (Lipinski definition) is 5. The van der Waals surface area contributed by atoms with Crippen molar-refractivity contribution in [1.29, 1.82) is 0 Å². The number of hydrogen-bond acceptors (Lipinski definition) is 6. The summed E-state index contributed by atoms with van der Waals surface area (Å²) in [6.45, 7) is -0.345. The van der Waals surface area contributed by atoms with Crippen LogP contribution in [0, 0.1) is 0 Å². The fraction of sp³-hybridized carbons (Fsp3) is 0.222. The van der Waals surface area contributed by atoms with Gasteiger partial charge in [-0.3, -0.25) is 9.59 Å². The van der Waals surface area contributed by atoms with Gasteiger partial charge in [0.1, 0.15) is 19.2 Å². The molecule has 1 unspecified atom stereocenters. The van der Waals surface area contributed by atoms with Crippen LogP contribution in [0.5, 0.6) is 0 Å². The lowest BCUT2D eigenvalue weighted by molar-refractivity contribution is -0.128. The van der Waals surface area contributed by atoms with Gasteiger partial charge in [-0.25, -0.2) is 4.79 Å². The van der Waals surface area contributed by atoms with Crippen molar-refractivity contribution in [2.24, 2.45) is 0 Å². The highest BCUT2D eigenvalue weighted by atomic mass is 16.5. The normalized spacial score (nSPS) is 12.1. The van der Waals surface area contributed by atoms with Crippen LogP contribution in [0.15, 0.2) is 91.0 Å². The minimum atomic E-state index is -1.81. The monoisotopic (exact) mass is 503 g/mol. The predicted octanol–water partition coefficient (Wildman–Crippen LogP) is 1.38. The molecule has 0 aromatic heterocycles. The molecular weight excluding hydrogens is 473 g/mol. The Bertz CT molecular complexity index is 1130. The number of rotatable bonds is 12. The Labute approximate surface area is 216 Å². The van der Waals surface area contributed by atoms with Gasteiger partial charge < -0.3 is 30.7 Å². The standard InChI is InChI=1S/C27H30BN3O6/c32-25(18-29-27(34)37-19-22-14-8-3-9-15-22)30-23(16-20-10-4-1-5-11-20)26(33)31-24(28(35)36)17-21-12-6-2-7-13-21/h1-15,23-24,35-36H,16-19H2,(H,29,34)(H,30,32)(H,31,33)/t23-,24?/m0/s1. The van der Waals surface area contributed by atoms with Crippen LogP contribution in [-0.2, 0) is 33.8 Å². The zero-order chi connectivity index (χ0) is 26.5. The summed E-state index contributed by atoms with van der Waals surface area (Å²) in [5, 5.41) is 27.3. The average molecular weight is 503 g/mol. The van der Waals surface area contributed by atoms with E-state index in [9.17, 15) is 24.4 Å². The van der Waals surface area contributed by atoms with Crippen molar-refractivity contribution >= 4 is 25.0 Å². The third-order valence-corrected chi connectivity index (χ3v) is 5.53. The molecule has 0 radical (unpaired) electrons. The highest BCUT2D eigenvalue weighted by Crippen LogP contribution is 2.07. The number of benzene rings is 3. The average Bonchev–Trinajstić information content (AvgIpc) is 2.91. The Morgan fingerprint density at radius 2 is 1.24 bits per heavy atom. The molecule has 5 N–H and O–H groups in total. The van der Waals surface area contributed by atoms with Crippen LogP contribution < -0.4 is 16.0 Å². The Morgan fingerprint density at radius 1 is 0.730 bits per heavy atom. The van der Waals surface area contributed by atoms with Crippen LogP contribution >= 0.6 is 0 Å². The van der Waals surface area contributed by atoms with Gasteiger partial charge in [-0.05, 0) is 23.1 Å². The van der Waals surface area contributed by atoms with E-state index in [-0.39, 0.29) is 19.4 Å². The van der Waals surface area contributed by atoms with Crippen molar-refractivity contribution in [2.75, 3.05) is 6.54 Å². The largest absolute Gasteiger partial charge is 0.475 e. The maximum absolute atomic E-state index is 13.1. The molecule has 0 bridgehead atoms. The lowest BCUT2D eigenvalue weighted by Gasteiger charge is -2.23. The minimum Gasteiger partial charge on any atom is -0.445 e. The molecule has 0 aliphatic carbocycles. The summed E-state index contributed by atoms with van der Waals surface area (Å²) in [6.07, 6.45) is -0.420. The number of ether oxygens (including phenoxy) is 1. The predicted molar refractivity (Wildman–Crippen MR) is 139 cm³/mol. The molecule has 0 saturated carbocycles. The van der Waals surface area contributed by atoms with E-state index in [1.807, 2.05) is 78.9 Å². The van der Waals surface area contributed by atoms with Crippen molar-refractivity contribution < 1.29 is 29.2 Å². The summed E-state index contributed by atoms with van der Waals surface area (Å²) in [7, 11) is -1.81. The molecule has 0 saturated heterocycles. The van der Waals surface area contributed by atoms with Crippen LogP contribution in [0.4, 0.5) is 4.79 Å². The minimum absolute atomic E-state index is 0.0552. The lowest BCUT2D eigenvalue weighted by atomic mass is 9.75. The number of carbonyl (C=O) groups is 3.